The van der Waals surface area contributed by atoms with Gasteiger partial charge in [-0.3, -0.25) is 9.79 Å². The number of nitrogens with zero attached hydrogens (tertiary/aromatic N) is 1. The van der Waals surface area contributed by atoms with E-state index >= 15 is 0 Å². The van der Waals surface area contributed by atoms with Gasteiger partial charge in [0.05, 0.1) is 12.0 Å². The molecule has 0 aromatic rings. The first-order valence-corrected chi connectivity index (χ1v) is 5.37. The minimum Gasteiger partial charge on any atom is -0.862 e. The summed E-state index contributed by atoms with van der Waals surface area (Å²) < 4.78 is 0. The van der Waals surface area contributed by atoms with Crippen LogP contribution in [0.25, 0.3) is 0 Å². The molecule has 0 bridgehead atoms. The van der Waals surface area contributed by atoms with Crippen LogP contribution in [0, 0.1) is 0 Å². The maximum Gasteiger partial charge on any atom is 2.00 e. The fraction of sp³-hybridized carbons (Fsp3) is 0.600. The minimum absolute atomic E-state index is 0. The molecule has 100 valence electrons. The van der Waals surface area contributed by atoms with Gasteiger partial charge in [-0.05, 0) is 25.2 Å². The Morgan fingerprint density at radius 3 is 2.16 bits per heavy atom. The third-order valence-electron chi connectivity index (χ3n) is 2.50. The number of carboxylic acids is 2. The molecular weight excluding hydrogens is 332 g/mol. The molecule has 1 saturated heterocycles. The molecule has 0 spiro atoms. The van der Waals surface area contributed by atoms with Crippen LogP contribution in [0.4, 0.5) is 0 Å². The normalized spacial score (nSPS) is 24.4. The maximum atomic E-state index is 10.4. The Bertz CT molecular complexity index is 397. The summed E-state index contributed by atoms with van der Waals surface area (Å²) >= 11 is 0. The van der Waals surface area contributed by atoms with Crippen LogP contribution in [-0.4, -0.2) is 86.4 Å². The van der Waals surface area contributed by atoms with E-state index in [4.69, 9.17) is 5.11 Å². The summed E-state index contributed by atoms with van der Waals surface area (Å²) in [6.45, 7) is 0. The smallest absolute Gasteiger partial charge is 0.862 e. The first-order valence-electron chi connectivity index (χ1n) is 5.37. The van der Waals surface area contributed by atoms with Crippen LogP contribution in [-0.2, 0) is 14.4 Å². The number of carbonyl (C=O) groups is 3. The molecule has 2 aliphatic rings. The summed E-state index contributed by atoms with van der Waals surface area (Å²) in [7, 11) is 0. The van der Waals surface area contributed by atoms with Gasteiger partial charge in [0.2, 0.25) is 5.91 Å². The zero-order valence-electron chi connectivity index (χ0n) is 10.1. The second kappa shape index (κ2) is 8.52. The van der Waals surface area contributed by atoms with E-state index in [0.717, 1.165) is 0 Å². The zero-order valence-corrected chi connectivity index (χ0v) is 13.6. The Balaban J connectivity index is 0.000000324. The largest absolute Gasteiger partial charge is 2.00 e. The fourth-order valence-electron chi connectivity index (χ4n) is 1.53. The van der Waals surface area contributed by atoms with E-state index in [0.29, 0.717) is 19.3 Å². The van der Waals surface area contributed by atoms with Crippen molar-refractivity contribution in [3.63, 3.8) is 0 Å². The van der Waals surface area contributed by atoms with Crippen LogP contribution in [0.1, 0.15) is 25.7 Å². The van der Waals surface area contributed by atoms with E-state index in [9.17, 15) is 24.6 Å². The number of nitrogens with one attached hydrogen (secondary N) is 1. The van der Waals surface area contributed by atoms with E-state index < -0.39 is 24.0 Å². The Labute approximate surface area is 146 Å². The van der Waals surface area contributed by atoms with Crippen molar-refractivity contribution >= 4 is 69.2 Å². The van der Waals surface area contributed by atoms with Crippen molar-refractivity contribution < 1.29 is 29.7 Å². The first-order chi connectivity index (χ1) is 8.40. The SMILES string of the molecule is O=C([O-])[C@H]1CCC([O-])=N1.O=C1CC[C@H](C(=O)O)N1.[Sr+2]. The Kier molecular flexibility index (Phi) is 8.23. The summed E-state index contributed by atoms with van der Waals surface area (Å²) in [6, 6.07) is -1.52. The summed E-state index contributed by atoms with van der Waals surface area (Å²) in [6.07, 6.45) is 1.32. The molecule has 2 N–H and O–H groups in total. The number of carbonyl (C=O) groups excluding carboxylic acids is 2. The Morgan fingerprint density at radius 2 is 1.95 bits per heavy atom. The van der Waals surface area contributed by atoms with Gasteiger partial charge in [-0.2, -0.15) is 0 Å². The minimum atomic E-state index is -1.25. The molecule has 2 heterocycles. The molecule has 0 unspecified atom stereocenters. The predicted molar refractivity (Wildman–Crippen MR) is 60.0 cm³/mol. The number of aliphatic carboxylic acids is 2. The summed E-state index contributed by atoms with van der Waals surface area (Å²) in [5, 5.41) is 30.9. The van der Waals surface area contributed by atoms with E-state index in [1.165, 1.54) is 0 Å². The quantitative estimate of drug-likeness (QED) is 0.501. The topological polar surface area (TPSA) is 142 Å². The standard InChI is InChI=1S/2C5H7NO3.Sr/c2*7-4-2-1-3(6-4)5(8)9;/h2*3H,1-2H2,(H,6,7)(H,8,9);/q;;+2/p-2/t2*3-;/m11./s1. The Morgan fingerprint density at radius 1 is 1.32 bits per heavy atom. The molecule has 2 atom stereocenters. The van der Waals surface area contributed by atoms with Crippen LogP contribution in [0.15, 0.2) is 4.99 Å². The van der Waals surface area contributed by atoms with Gasteiger partial charge in [0.25, 0.3) is 0 Å². The molecule has 0 saturated carbocycles. The van der Waals surface area contributed by atoms with Crippen molar-refractivity contribution in [1.29, 1.82) is 0 Å². The van der Waals surface area contributed by atoms with Gasteiger partial charge in [-0.25, -0.2) is 4.79 Å². The molecule has 1 amide bonds. The maximum absolute atomic E-state index is 10.4. The first kappa shape index (κ1) is 18.4. The van der Waals surface area contributed by atoms with Crippen LogP contribution in [0.2, 0.25) is 0 Å². The summed E-state index contributed by atoms with van der Waals surface area (Å²) in [5.74, 6) is -2.69. The van der Waals surface area contributed by atoms with Gasteiger partial charge in [0.1, 0.15) is 6.04 Å². The van der Waals surface area contributed by atoms with Gasteiger partial charge in [-0.15, -0.1) is 0 Å². The second-order valence-electron chi connectivity index (χ2n) is 3.89. The van der Waals surface area contributed by atoms with Crippen LogP contribution < -0.4 is 15.5 Å². The number of aliphatic imine (C=N–C) groups is 1. The van der Waals surface area contributed by atoms with Gasteiger partial charge < -0.3 is 25.4 Å². The number of hydrogen-bond acceptors (Lipinski definition) is 6. The zero-order chi connectivity index (χ0) is 13.7. The van der Waals surface area contributed by atoms with Gasteiger partial charge in [0, 0.05) is 6.42 Å². The van der Waals surface area contributed by atoms with Crippen molar-refractivity contribution in [2.45, 2.75) is 37.8 Å². The average Bonchev–Trinajstić information content (AvgIpc) is 2.88. The van der Waals surface area contributed by atoms with Crippen molar-refractivity contribution in [3.05, 3.63) is 0 Å². The van der Waals surface area contributed by atoms with Crippen LogP contribution in [0.5, 0.6) is 0 Å². The summed E-state index contributed by atoms with van der Waals surface area (Å²) in [4.78, 5) is 33.8. The fourth-order valence-corrected chi connectivity index (χ4v) is 1.53. The van der Waals surface area contributed by atoms with E-state index in [-0.39, 0.29) is 63.7 Å². The second-order valence-corrected chi connectivity index (χ2v) is 3.89. The molecule has 19 heavy (non-hydrogen) atoms. The molecule has 2 rings (SSSR count). The molecular formula is C10H12N2O6Sr. The van der Waals surface area contributed by atoms with Gasteiger partial charge >= 0.3 is 51.5 Å². The molecule has 0 aliphatic carbocycles. The van der Waals surface area contributed by atoms with Crippen LogP contribution in [0.3, 0.4) is 0 Å². The molecule has 2 aliphatic heterocycles. The average molecular weight is 344 g/mol. The monoisotopic (exact) mass is 344 g/mol. The van der Waals surface area contributed by atoms with Gasteiger partial charge in [0.15, 0.2) is 0 Å². The number of carboxylic acid groups (broad SMARTS) is 2. The van der Waals surface area contributed by atoms with Crippen molar-refractivity contribution in [2.75, 3.05) is 0 Å². The molecule has 0 aromatic carbocycles. The Hall–Kier alpha value is -0.639. The third kappa shape index (κ3) is 6.37. The molecule has 8 nitrogen and oxygen atoms in total. The van der Waals surface area contributed by atoms with Crippen molar-refractivity contribution in [2.24, 2.45) is 4.99 Å². The van der Waals surface area contributed by atoms with Crippen LogP contribution >= 0.6 is 0 Å². The number of rotatable bonds is 2. The molecule has 1 fully saturated rings. The molecule has 0 aromatic heterocycles. The van der Waals surface area contributed by atoms with E-state index in [1.54, 1.807) is 0 Å². The summed E-state index contributed by atoms with van der Waals surface area (Å²) in [5.41, 5.74) is 0. The number of amides is 1. The van der Waals surface area contributed by atoms with Crippen molar-refractivity contribution in [3.8, 4) is 0 Å². The third-order valence-corrected chi connectivity index (χ3v) is 2.50. The van der Waals surface area contributed by atoms with E-state index in [2.05, 4.69) is 10.3 Å². The van der Waals surface area contributed by atoms with Gasteiger partial charge in [-0.1, -0.05) is 0 Å². The van der Waals surface area contributed by atoms with E-state index in [1.807, 2.05) is 0 Å². The predicted octanol–water partition coefficient (Wildman–Crippen LogP) is -3.37. The van der Waals surface area contributed by atoms with Crippen molar-refractivity contribution in [1.82, 2.24) is 5.32 Å². The number of hydrogen-bond donors (Lipinski definition) is 2. The molecule has 9 heteroatoms. The molecule has 0 radical (unpaired) electrons.